The molecule has 0 bridgehead atoms. The Morgan fingerprint density at radius 1 is 1.09 bits per heavy atom. The third kappa shape index (κ3) is 3.29. The maximum Gasteiger partial charge on any atom is 0.250 e. The molecule has 3 aromatic rings. The van der Waals surface area contributed by atoms with Crippen LogP contribution >= 0.6 is 0 Å². The van der Waals surface area contributed by atoms with Crippen molar-refractivity contribution in [3.8, 4) is 5.75 Å². The molecule has 0 aliphatic carbocycles. The minimum Gasteiger partial charge on any atom is -0.497 e. The highest BCUT2D eigenvalue weighted by atomic mass is 16.5. The van der Waals surface area contributed by atoms with Crippen LogP contribution in [0.15, 0.2) is 41.1 Å². The van der Waals surface area contributed by atoms with E-state index in [2.05, 4.69) is 31.0 Å². The highest BCUT2D eigenvalue weighted by Gasteiger charge is 2.05. The molecule has 22 heavy (non-hydrogen) atoms. The fourth-order valence-corrected chi connectivity index (χ4v) is 1.78. The molecular formula is C14H14N6O2. The smallest absolute Gasteiger partial charge is 0.250 e. The summed E-state index contributed by atoms with van der Waals surface area (Å²) in [5.41, 5.74) is 0.865. The molecule has 0 saturated carbocycles. The van der Waals surface area contributed by atoms with Crippen LogP contribution in [0.2, 0.25) is 0 Å². The average molecular weight is 298 g/mol. The number of methoxy groups -OCH3 is 1. The number of nitrogens with zero attached hydrogens (tertiary/aromatic N) is 4. The Bertz CT molecular complexity index is 756. The molecule has 0 unspecified atom stereocenters. The summed E-state index contributed by atoms with van der Waals surface area (Å²) in [6, 6.07) is 9.22. The van der Waals surface area contributed by atoms with Gasteiger partial charge in [-0.1, -0.05) is 5.16 Å². The lowest BCUT2D eigenvalue weighted by atomic mass is 10.3. The summed E-state index contributed by atoms with van der Waals surface area (Å²) in [5.74, 6) is 2.90. The van der Waals surface area contributed by atoms with Gasteiger partial charge >= 0.3 is 0 Å². The number of hydrogen-bond acceptors (Lipinski definition) is 8. The molecule has 112 valence electrons. The van der Waals surface area contributed by atoms with Gasteiger partial charge in [0.15, 0.2) is 11.6 Å². The molecular weight excluding hydrogens is 284 g/mol. The number of nitrogens with one attached hydrogen (secondary N) is 2. The molecule has 0 atom stereocenters. The zero-order valence-corrected chi connectivity index (χ0v) is 12.1. The summed E-state index contributed by atoms with van der Waals surface area (Å²) in [6.07, 6.45) is 1.53. The van der Waals surface area contributed by atoms with Crippen molar-refractivity contribution in [3.05, 3.63) is 42.3 Å². The summed E-state index contributed by atoms with van der Waals surface area (Å²) in [7, 11) is 1.63. The van der Waals surface area contributed by atoms with Crippen LogP contribution in [0.1, 0.15) is 5.76 Å². The van der Waals surface area contributed by atoms with E-state index in [9.17, 15) is 0 Å². The largest absolute Gasteiger partial charge is 0.497 e. The molecule has 8 nitrogen and oxygen atoms in total. The van der Waals surface area contributed by atoms with Crippen molar-refractivity contribution >= 4 is 23.3 Å². The first-order chi connectivity index (χ1) is 10.7. The lowest BCUT2D eigenvalue weighted by molar-refractivity contribution is 0.400. The molecule has 0 spiro atoms. The Labute approximate surface area is 126 Å². The monoisotopic (exact) mass is 298 g/mol. The Kier molecular flexibility index (Phi) is 3.82. The number of ether oxygens (including phenoxy) is 1. The van der Waals surface area contributed by atoms with Crippen LogP contribution < -0.4 is 15.4 Å². The highest BCUT2D eigenvalue weighted by molar-refractivity contribution is 5.58. The zero-order chi connectivity index (χ0) is 15.4. The van der Waals surface area contributed by atoms with E-state index in [0.717, 1.165) is 11.4 Å². The lowest BCUT2D eigenvalue weighted by Crippen LogP contribution is -2.02. The number of hydrogen-bond donors (Lipinski definition) is 2. The van der Waals surface area contributed by atoms with Crippen LogP contribution in [0.5, 0.6) is 5.75 Å². The van der Waals surface area contributed by atoms with E-state index in [0.29, 0.717) is 23.3 Å². The van der Waals surface area contributed by atoms with Gasteiger partial charge in [0.05, 0.1) is 13.3 Å². The Balaban J connectivity index is 1.72. The summed E-state index contributed by atoms with van der Waals surface area (Å²) in [4.78, 5) is 4.31. The van der Waals surface area contributed by atoms with Crippen LogP contribution in [0.4, 0.5) is 23.3 Å². The summed E-state index contributed by atoms with van der Waals surface area (Å²) < 4.78 is 10.1. The fraction of sp³-hybridized carbons (Fsp3) is 0.143. The topological polar surface area (TPSA) is 98.0 Å². The van der Waals surface area contributed by atoms with Gasteiger partial charge < -0.3 is 19.9 Å². The van der Waals surface area contributed by atoms with Gasteiger partial charge in [-0.2, -0.15) is 10.1 Å². The van der Waals surface area contributed by atoms with Crippen LogP contribution in [0, 0.1) is 6.92 Å². The number of aromatic nitrogens is 4. The van der Waals surface area contributed by atoms with Crippen molar-refractivity contribution < 1.29 is 9.26 Å². The Hall–Kier alpha value is -3.16. The Morgan fingerprint density at radius 2 is 1.91 bits per heavy atom. The van der Waals surface area contributed by atoms with Gasteiger partial charge in [0.2, 0.25) is 5.95 Å². The summed E-state index contributed by atoms with van der Waals surface area (Å²) in [5, 5.41) is 17.7. The van der Waals surface area contributed by atoms with Gasteiger partial charge in [-0.05, 0) is 31.2 Å². The minimum atomic E-state index is 0.326. The van der Waals surface area contributed by atoms with Crippen molar-refractivity contribution in [1.82, 2.24) is 20.3 Å². The van der Waals surface area contributed by atoms with Gasteiger partial charge in [0.1, 0.15) is 11.5 Å². The number of rotatable bonds is 5. The van der Waals surface area contributed by atoms with Crippen molar-refractivity contribution in [1.29, 1.82) is 0 Å². The standard InChI is InChI=1S/C14H14N6O2/c1-9-7-12(20-22-9)17-14-18-13(8-15-19-14)16-10-3-5-11(21-2)6-4-10/h3-8H,1-2H3,(H2,16,17,18,19,20). The highest BCUT2D eigenvalue weighted by Crippen LogP contribution is 2.19. The minimum absolute atomic E-state index is 0.326. The van der Waals surface area contributed by atoms with E-state index in [1.54, 1.807) is 20.1 Å². The number of benzene rings is 1. The normalized spacial score (nSPS) is 10.3. The first-order valence-electron chi connectivity index (χ1n) is 6.54. The van der Waals surface area contributed by atoms with Crippen molar-refractivity contribution in [2.75, 3.05) is 17.7 Å². The maximum atomic E-state index is 5.12. The van der Waals surface area contributed by atoms with Gasteiger partial charge in [0.25, 0.3) is 0 Å². The molecule has 2 heterocycles. The van der Waals surface area contributed by atoms with Crippen molar-refractivity contribution in [3.63, 3.8) is 0 Å². The molecule has 1 aromatic carbocycles. The quantitative estimate of drug-likeness (QED) is 0.742. The second-order valence-electron chi connectivity index (χ2n) is 4.47. The first kappa shape index (κ1) is 13.8. The average Bonchev–Trinajstić information content (AvgIpc) is 2.93. The second kappa shape index (κ2) is 6.08. The third-order valence-electron chi connectivity index (χ3n) is 2.79. The third-order valence-corrected chi connectivity index (χ3v) is 2.79. The van der Waals surface area contributed by atoms with E-state index >= 15 is 0 Å². The lowest BCUT2D eigenvalue weighted by Gasteiger charge is -2.07. The second-order valence-corrected chi connectivity index (χ2v) is 4.47. The molecule has 0 amide bonds. The van der Waals surface area contributed by atoms with Crippen LogP contribution in [-0.2, 0) is 0 Å². The molecule has 0 saturated heterocycles. The van der Waals surface area contributed by atoms with Gasteiger partial charge in [0, 0.05) is 11.8 Å². The SMILES string of the molecule is COc1ccc(Nc2cnnc(Nc3cc(C)on3)n2)cc1. The molecule has 3 rings (SSSR count). The van der Waals surface area contributed by atoms with Gasteiger partial charge in [-0.25, -0.2) is 0 Å². The molecule has 0 radical (unpaired) electrons. The van der Waals surface area contributed by atoms with Crippen LogP contribution in [0.3, 0.4) is 0 Å². The Morgan fingerprint density at radius 3 is 2.59 bits per heavy atom. The van der Waals surface area contributed by atoms with E-state index < -0.39 is 0 Å². The number of anilines is 4. The molecule has 2 N–H and O–H groups in total. The van der Waals surface area contributed by atoms with E-state index in [4.69, 9.17) is 9.26 Å². The molecule has 8 heteroatoms. The predicted octanol–water partition coefficient (Wildman–Crippen LogP) is 2.66. The van der Waals surface area contributed by atoms with Crippen molar-refractivity contribution in [2.45, 2.75) is 6.92 Å². The van der Waals surface area contributed by atoms with Gasteiger partial charge in [-0.15, -0.1) is 5.10 Å². The van der Waals surface area contributed by atoms with Gasteiger partial charge in [-0.3, -0.25) is 0 Å². The molecule has 2 aromatic heterocycles. The first-order valence-corrected chi connectivity index (χ1v) is 6.54. The summed E-state index contributed by atoms with van der Waals surface area (Å²) in [6.45, 7) is 1.80. The maximum absolute atomic E-state index is 5.12. The van der Waals surface area contributed by atoms with E-state index in [-0.39, 0.29) is 0 Å². The molecule has 0 aliphatic heterocycles. The van der Waals surface area contributed by atoms with Crippen LogP contribution in [0.25, 0.3) is 0 Å². The predicted molar refractivity (Wildman–Crippen MR) is 80.6 cm³/mol. The summed E-state index contributed by atoms with van der Waals surface area (Å²) >= 11 is 0. The van der Waals surface area contributed by atoms with Crippen molar-refractivity contribution in [2.24, 2.45) is 0 Å². The van der Waals surface area contributed by atoms with E-state index in [1.807, 2.05) is 24.3 Å². The zero-order valence-electron chi connectivity index (χ0n) is 12.1. The van der Waals surface area contributed by atoms with Crippen LogP contribution in [-0.4, -0.2) is 27.4 Å². The molecule has 0 aliphatic rings. The number of aryl methyl sites for hydroxylation is 1. The molecule has 0 fully saturated rings. The van der Waals surface area contributed by atoms with E-state index in [1.165, 1.54) is 6.20 Å². The fourth-order valence-electron chi connectivity index (χ4n) is 1.78.